The first-order valence-corrected chi connectivity index (χ1v) is 11.0. The molecule has 8 heteroatoms. The van der Waals surface area contributed by atoms with Crippen LogP contribution in [0.1, 0.15) is 32.6 Å². The maximum absolute atomic E-state index is 12.9. The van der Waals surface area contributed by atoms with Crippen LogP contribution in [0.2, 0.25) is 0 Å². The third-order valence-corrected chi connectivity index (χ3v) is 5.17. The van der Waals surface area contributed by atoms with E-state index < -0.39 is 18.1 Å². The van der Waals surface area contributed by atoms with E-state index in [1.807, 2.05) is 42.5 Å². The Labute approximate surface area is 210 Å². The summed E-state index contributed by atoms with van der Waals surface area (Å²) in [4.78, 5) is 19.9. The van der Waals surface area contributed by atoms with Gasteiger partial charge in [0.1, 0.15) is 5.75 Å². The predicted molar refractivity (Wildman–Crippen MR) is 136 cm³/mol. The second-order valence-electron chi connectivity index (χ2n) is 7.75. The molecule has 0 amide bonds. The van der Waals surface area contributed by atoms with Crippen molar-refractivity contribution in [3.63, 3.8) is 0 Å². The molecule has 0 radical (unpaired) electrons. The summed E-state index contributed by atoms with van der Waals surface area (Å²) in [6.07, 6.45) is 8.31. The average Bonchev–Trinajstić information content (AvgIpc) is 2.92. The van der Waals surface area contributed by atoms with E-state index in [2.05, 4.69) is 14.7 Å². The Morgan fingerprint density at radius 2 is 1.08 bits per heavy atom. The van der Waals surface area contributed by atoms with Crippen molar-refractivity contribution in [3.8, 4) is 17.1 Å². The molecule has 0 aliphatic heterocycles. The minimum atomic E-state index is -2.51. The van der Waals surface area contributed by atoms with Gasteiger partial charge in [0.15, 0.2) is 0 Å². The molecule has 1 N–H and O–H groups in total. The number of ether oxygens (including phenoxy) is 1. The molecule has 37 heavy (non-hydrogen) atoms. The zero-order valence-electron chi connectivity index (χ0n) is 19.2. The first-order valence-electron chi connectivity index (χ1n) is 11.0. The number of hydrogen-bond donors (Lipinski definition) is 1. The lowest BCUT2D eigenvalue weighted by molar-refractivity contribution is 0.0697. The van der Waals surface area contributed by atoms with Crippen LogP contribution < -0.4 is 4.74 Å². The van der Waals surface area contributed by atoms with Crippen LogP contribution in [-0.4, -0.2) is 21.0 Å². The molecule has 184 valence electrons. The summed E-state index contributed by atoms with van der Waals surface area (Å²) in [7, 11) is 0. The molecule has 2 heterocycles. The highest BCUT2D eigenvalue weighted by atomic mass is 19.3. The van der Waals surface area contributed by atoms with Gasteiger partial charge in [0.2, 0.25) is 0 Å². The lowest BCUT2D eigenvalue weighted by Crippen LogP contribution is -1.94. The van der Waals surface area contributed by atoms with Crippen molar-refractivity contribution in [3.05, 3.63) is 125 Å². The zero-order valence-corrected chi connectivity index (χ0v) is 19.2. The number of aromatic carboxylic acids is 1. The van der Waals surface area contributed by atoms with Crippen molar-refractivity contribution in [1.29, 1.82) is 0 Å². The average molecular weight is 500 g/mol. The van der Waals surface area contributed by atoms with Gasteiger partial charge in [0.25, 0.3) is 0 Å². The minimum Gasteiger partial charge on any atom is -0.478 e. The summed E-state index contributed by atoms with van der Waals surface area (Å²) in [5.41, 5.74) is 5.02. The number of carboxylic acids is 1. The molecule has 0 atom stereocenters. The fraction of sp³-hybridized carbons (Fsp3) is 0. The van der Waals surface area contributed by atoms with E-state index >= 15 is 0 Å². The normalized spacial score (nSPS) is 11.1. The zero-order chi connectivity index (χ0) is 26.2. The molecule has 2 aromatic heterocycles. The topological polar surface area (TPSA) is 72.3 Å². The van der Waals surface area contributed by atoms with Gasteiger partial charge in [-0.1, -0.05) is 60.7 Å². The van der Waals surface area contributed by atoms with E-state index in [-0.39, 0.29) is 11.3 Å². The Morgan fingerprint density at radius 3 is 1.49 bits per heavy atom. The SMILES string of the molecule is O=C(O)c1ccc(/C=C/c2ccc(-c3ccc(/C=C/c4ccc(OC(F)=C(F)F)cc4)cn3)nc2)cc1. The lowest BCUT2D eigenvalue weighted by atomic mass is 10.1. The summed E-state index contributed by atoms with van der Waals surface area (Å²) in [6, 6.07) is 18.2. The highest BCUT2D eigenvalue weighted by Gasteiger charge is 2.07. The van der Waals surface area contributed by atoms with Crippen molar-refractivity contribution in [1.82, 2.24) is 9.97 Å². The molecule has 0 unspecified atom stereocenters. The number of nitrogens with zero attached hydrogens (tertiary/aromatic N) is 2. The molecule has 0 aliphatic rings. The number of carbonyl (C=O) groups is 1. The van der Waals surface area contributed by atoms with Crippen molar-refractivity contribution in [2.24, 2.45) is 0 Å². The lowest BCUT2D eigenvalue weighted by Gasteiger charge is -2.03. The Bertz CT molecular complexity index is 1460. The maximum atomic E-state index is 12.9. The van der Waals surface area contributed by atoms with Gasteiger partial charge in [-0.3, -0.25) is 9.97 Å². The highest BCUT2D eigenvalue weighted by molar-refractivity contribution is 5.88. The number of halogens is 3. The first kappa shape index (κ1) is 25.1. The van der Waals surface area contributed by atoms with E-state index in [4.69, 9.17) is 5.11 Å². The van der Waals surface area contributed by atoms with E-state index in [0.717, 1.165) is 22.3 Å². The third kappa shape index (κ3) is 7.02. The summed E-state index contributed by atoms with van der Waals surface area (Å²) in [6.45, 7) is 0. The molecule has 0 saturated heterocycles. The molecular weight excluding hydrogens is 481 g/mol. The van der Waals surface area contributed by atoms with E-state index in [1.165, 1.54) is 12.1 Å². The molecule has 4 rings (SSSR count). The maximum Gasteiger partial charge on any atom is 0.344 e. The molecule has 4 aromatic rings. The smallest absolute Gasteiger partial charge is 0.344 e. The second-order valence-corrected chi connectivity index (χ2v) is 7.75. The van der Waals surface area contributed by atoms with E-state index in [9.17, 15) is 18.0 Å². The fourth-order valence-electron chi connectivity index (χ4n) is 3.22. The van der Waals surface area contributed by atoms with Crippen molar-refractivity contribution in [2.45, 2.75) is 0 Å². The van der Waals surface area contributed by atoms with Crippen molar-refractivity contribution >= 4 is 30.3 Å². The van der Waals surface area contributed by atoms with Crippen LogP contribution in [0.4, 0.5) is 13.2 Å². The standard InChI is InChI=1S/C29H19F3N2O3/c30-27(31)28(32)37-24-13-7-20(8-14-24)2-4-22-10-16-26(34-18-22)25-15-9-21(17-33-25)3-1-19-5-11-23(12-6-19)29(35)36/h1-18H,(H,35,36)/b3-1+,4-2+. The summed E-state index contributed by atoms with van der Waals surface area (Å²) in [5, 5.41) is 8.97. The summed E-state index contributed by atoms with van der Waals surface area (Å²) < 4.78 is 41.5. The van der Waals surface area contributed by atoms with Crippen LogP contribution in [0.3, 0.4) is 0 Å². The minimum absolute atomic E-state index is 0.0307. The van der Waals surface area contributed by atoms with Crippen LogP contribution in [-0.2, 0) is 0 Å². The molecule has 0 fully saturated rings. The van der Waals surface area contributed by atoms with Gasteiger partial charge in [0, 0.05) is 12.4 Å². The highest BCUT2D eigenvalue weighted by Crippen LogP contribution is 2.21. The largest absolute Gasteiger partial charge is 0.478 e. The van der Waals surface area contributed by atoms with E-state index in [0.29, 0.717) is 11.4 Å². The molecule has 2 aromatic carbocycles. The Hall–Kier alpha value is -4.98. The second kappa shape index (κ2) is 11.6. The van der Waals surface area contributed by atoms with Gasteiger partial charge in [-0.25, -0.2) is 4.79 Å². The molecular formula is C29H19F3N2O3. The van der Waals surface area contributed by atoms with Crippen LogP contribution in [0.25, 0.3) is 35.7 Å². The number of pyridine rings is 2. The van der Waals surface area contributed by atoms with Gasteiger partial charge in [0.05, 0.1) is 17.0 Å². The predicted octanol–water partition coefficient (Wildman–Crippen LogP) is 7.60. The number of hydrogen-bond acceptors (Lipinski definition) is 4. The first-order chi connectivity index (χ1) is 17.9. The van der Waals surface area contributed by atoms with Gasteiger partial charge in [-0.05, 0) is 58.7 Å². The number of aromatic nitrogens is 2. The molecule has 0 aliphatic carbocycles. The third-order valence-electron chi connectivity index (χ3n) is 5.17. The van der Waals surface area contributed by atoms with Gasteiger partial charge < -0.3 is 9.84 Å². The van der Waals surface area contributed by atoms with Crippen molar-refractivity contribution in [2.75, 3.05) is 0 Å². The fourth-order valence-corrected chi connectivity index (χ4v) is 3.22. The molecule has 0 saturated carbocycles. The monoisotopic (exact) mass is 500 g/mol. The summed E-state index contributed by atoms with van der Waals surface area (Å²) >= 11 is 0. The number of benzene rings is 2. The summed E-state index contributed by atoms with van der Waals surface area (Å²) in [5.74, 6) is -0.992. The van der Waals surface area contributed by atoms with Crippen LogP contribution >= 0.6 is 0 Å². The van der Waals surface area contributed by atoms with Crippen LogP contribution in [0, 0.1) is 0 Å². The number of carboxylic acid groups (broad SMARTS) is 1. The van der Waals surface area contributed by atoms with E-state index in [1.54, 1.807) is 54.9 Å². The van der Waals surface area contributed by atoms with Gasteiger partial charge in [-0.2, -0.15) is 13.2 Å². The van der Waals surface area contributed by atoms with Crippen LogP contribution in [0.5, 0.6) is 5.75 Å². The molecule has 0 bridgehead atoms. The van der Waals surface area contributed by atoms with Crippen LogP contribution in [0.15, 0.2) is 97.3 Å². The number of rotatable bonds is 8. The van der Waals surface area contributed by atoms with Crippen molar-refractivity contribution < 1.29 is 27.8 Å². The van der Waals surface area contributed by atoms with Gasteiger partial charge in [-0.15, -0.1) is 0 Å². The Balaban J connectivity index is 1.36. The molecule has 5 nitrogen and oxygen atoms in total. The molecule has 0 spiro atoms. The van der Waals surface area contributed by atoms with Gasteiger partial charge >= 0.3 is 18.1 Å². The Kier molecular flexibility index (Phi) is 7.90. The Morgan fingerprint density at radius 1 is 0.649 bits per heavy atom. The quantitative estimate of drug-likeness (QED) is 0.252.